The Balaban J connectivity index is 3.30. The molecule has 0 saturated carbocycles. The standard InChI is InChI=1S/C11H14F3NO2/c1-15-6-8(16)10-7(11(12,13)14)4-3-5-9(10)17-2/h3-5,8,15-16H,6H2,1-2H3. The quantitative estimate of drug-likeness (QED) is 0.857. The van der Waals surface area contributed by atoms with Gasteiger partial charge in [-0.1, -0.05) is 6.07 Å². The zero-order valence-corrected chi connectivity index (χ0v) is 9.51. The Morgan fingerprint density at radius 1 is 1.41 bits per heavy atom. The van der Waals surface area contributed by atoms with Crippen molar-refractivity contribution in [2.24, 2.45) is 0 Å². The van der Waals surface area contributed by atoms with E-state index in [1.54, 1.807) is 7.05 Å². The van der Waals surface area contributed by atoms with E-state index < -0.39 is 17.8 Å². The summed E-state index contributed by atoms with van der Waals surface area (Å²) in [6.07, 6.45) is -5.79. The molecule has 1 aromatic rings. The van der Waals surface area contributed by atoms with Gasteiger partial charge < -0.3 is 15.2 Å². The van der Waals surface area contributed by atoms with Gasteiger partial charge in [-0.05, 0) is 19.2 Å². The van der Waals surface area contributed by atoms with Crippen molar-refractivity contribution in [2.75, 3.05) is 20.7 Å². The molecule has 1 unspecified atom stereocenters. The average molecular weight is 249 g/mol. The van der Waals surface area contributed by atoms with Gasteiger partial charge in [0.1, 0.15) is 5.75 Å². The Hall–Kier alpha value is -1.27. The van der Waals surface area contributed by atoms with Crippen molar-refractivity contribution >= 4 is 0 Å². The zero-order valence-electron chi connectivity index (χ0n) is 9.51. The van der Waals surface area contributed by atoms with Crippen molar-refractivity contribution in [3.05, 3.63) is 29.3 Å². The van der Waals surface area contributed by atoms with Crippen LogP contribution in [0, 0.1) is 0 Å². The Labute approximate surface area is 97.2 Å². The third kappa shape index (κ3) is 3.10. The molecule has 0 aliphatic heterocycles. The summed E-state index contributed by atoms with van der Waals surface area (Å²) in [7, 11) is 2.82. The second-order valence-electron chi connectivity index (χ2n) is 3.49. The Morgan fingerprint density at radius 2 is 2.06 bits per heavy atom. The molecule has 0 amide bonds. The molecule has 0 heterocycles. The highest BCUT2D eigenvalue weighted by molar-refractivity contribution is 5.43. The second kappa shape index (κ2) is 5.37. The summed E-state index contributed by atoms with van der Waals surface area (Å²) in [5.41, 5.74) is -1.11. The number of methoxy groups -OCH3 is 1. The first kappa shape index (κ1) is 13.8. The zero-order chi connectivity index (χ0) is 13.1. The maximum atomic E-state index is 12.8. The first-order chi connectivity index (χ1) is 7.91. The van der Waals surface area contributed by atoms with E-state index in [-0.39, 0.29) is 17.9 Å². The van der Waals surface area contributed by atoms with Gasteiger partial charge in [-0.25, -0.2) is 0 Å². The molecule has 17 heavy (non-hydrogen) atoms. The van der Waals surface area contributed by atoms with Gasteiger partial charge in [0.05, 0.1) is 18.8 Å². The Bertz CT molecular complexity index is 379. The van der Waals surface area contributed by atoms with Crippen LogP contribution >= 0.6 is 0 Å². The van der Waals surface area contributed by atoms with Gasteiger partial charge in [0, 0.05) is 12.1 Å². The molecule has 0 aliphatic rings. The summed E-state index contributed by atoms with van der Waals surface area (Å²) in [5, 5.41) is 12.4. The van der Waals surface area contributed by atoms with Crippen LogP contribution in [0.5, 0.6) is 5.75 Å². The van der Waals surface area contributed by atoms with E-state index in [1.165, 1.54) is 19.2 Å². The number of ether oxygens (including phenoxy) is 1. The molecule has 0 radical (unpaired) electrons. The van der Waals surface area contributed by atoms with Gasteiger partial charge in [0.2, 0.25) is 0 Å². The van der Waals surface area contributed by atoms with E-state index in [0.29, 0.717) is 0 Å². The fourth-order valence-electron chi connectivity index (χ4n) is 1.61. The lowest BCUT2D eigenvalue weighted by Gasteiger charge is -2.20. The first-order valence-corrected chi connectivity index (χ1v) is 4.98. The van der Waals surface area contributed by atoms with Crippen LogP contribution in [0.25, 0.3) is 0 Å². The maximum Gasteiger partial charge on any atom is 0.416 e. The molecule has 6 heteroatoms. The molecule has 96 valence electrons. The number of likely N-dealkylation sites (N-methyl/N-ethyl adjacent to an activating group) is 1. The summed E-state index contributed by atoms with van der Waals surface area (Å²) >= 11 is 0. The molecular weight excluding hydrogens is 235 g/mol. The number of aliphatic hydroxyl groups is 1. The van der Waals surface area contributed by atoms with Crippen LogP contribution in [0.1, 0.15) is 17.2 Å². The van der Waals surface area contributed by atoms with Gasteiger partial charge in [-0.2, -0.15) is 13.2 Å². The first-order valence-electron chi connectivity index (χ1n) is 4.98. The van der Waals surface area contributed by atoms with Crippen LogP contribution in [-0.4, -0.2) is 25.8 Å². The van der Waals surface area contributed by atoms with Crippen molar-refractivity contribution in [3.8, 4) is 5.75 Å². The summed E-state index contributed by atoms with van der Waals surface area (Å²) < 4.78 is 43.2. The highest BCUT2D eigenvalue weighted by atomic mass is 19.4. The minimum atomic E-state index is -4.52. The molecule has 0 saturated heterocycles. The van der Waals surface area contributed by atoms with Crippen molar-refractivity contribution in [2.45, 2.75) is 12.3 Å². The molecule has 0 aromatic heterocycles. The monoisotopic (exact) mass is 249 g/mol. The average Bonchev–Trinajstić information content (AvgIpc) is 2.27. The van der Waals surface area contributed by atoms with Crippen LogP contribution in [0.15, 0.2) is 18.2 Å². The van der Waals surface area contributed by atoms with Gasteiger partial charge in [0.15, 0.2) is 0 Å². The summed E-state index contributed by atoms with van der Waals surface area (Å²) in [4.78, 5) is 0. The number of benzene rings is 1. The maximum absolute atomic E-state index is 12.8. The van der Waals surface area contributed by atoms with E-state index in [1.807, 2.05) is 0 Å². The number of hydrogen-bond acceptors (Lipinski definition) is 3. The highest BCUT2D eigenvalue weighted by Crippen LogP contribution is 2.38. The third-order valence-corrected chi connectivity index (χ3v) is 2.32. The van der Waals surface area contributed by atoms with Crippen molar-refractivity contribution in [3.63, 3.8) is 0 Å². The van der Waals surface area contributed by atoms with E-state index in [4.69, 9.17) is 4.74 Å². The molecule has 0 bridgehead atoms. The Kier molecular flexibility index (Phi) is 4.36. The third-order valence-electron chi connectivity index (χ3n) is 2.32. The van der Waals surface area contributed by atoms with Gasteiger partial charge in [0.25, 0.3) is 0 Å². The molecule has 1 aromatic carbocycles. The Morgan fingerprint density at radius 3 is 2.53 bits per heavy atom. The lowest BCUT2D eigenvalue weighted by molar-refractivity contribution is -0.139. The number of hydrogen-bond donors (Lipinski definition) is 2. The lowest BCUT2D eigenvalue weighted by Crippen LogP contribution is -2.21. The van der Waals surface area contributed by atoms with E-state index in [9.17, 15) is 18.3 Å². The molecule has 0 fully saturated rings. The lowest BCUT2D eigenvalue weighted by atomic mass is 10.0. The van der Waals surface area contributed by atoms with E-state index in [2.05, 4.69) is 5.32 Å². The van der Waals surface area contributed by atoms with Crippen LogP contribution < -0.4 is 10.1 Å². The van der Waals surface area contributed by atoms with Crippen molar-refractivity contribution < 1.29 is 23.0 Å². The number of halogens is 3. The van der Waals surface area contributed by atoms with Crippen LogP contribution in [0.2, 0.25) is 0 Å². The molecule has 2 N–H and O–H groups in total. The predicted molar refractivity (Wildman–Crippen MR) is 56.9 cm³/mol. The SMILES string of the molecule is CNCC(O)c1c(OC)cccc1C(F)(F)F. The van der Waals surface area contributed by atoms with Crippen LogP contribution in [0.4, 0.5) is 13.2 Å². The summed E-state index contributed by atoms with van der Waals surface area (Å²) in [5.74, 6) is 0.0302. The fraction of sp³-hybridized carbons (Fsp3) is 0.455. The van der Waals surface area contributed by atoms with Crippen LogP contribution in [0.3, 0.4) is 0 Å². The molecular formula is C11H14F3NO2. The normalized spacial score (nSPS) is 13.5. The van der Waals surface area contributed by atoms with Gasteiger partial charge in [-0.15, -0.1) is 0 Å². The van der Waals surface area contributed by atoms with E-state index >= 15 is 0 Å². The second-order valence-corrected chi connectivity index (χ2v) is 3.49. The predicted octanol–water partition coefficient (Wildman–Crippen LogP) is 1.97. The molecule has 1 atom stereocenters. The largest absolute Gasteiger partial charge is 0.496 e. The van der Waals surface area contributed by atoms with Gasteiger partial charge in [-0.3, -0.25) is 0 Å². The number of aliphatic hydroxyl groups excluding tert-OH is 1. The smallest absolute Gasteiger partial charge is 0.416 e. The molecule has 3 nitrogen and oxygen atoms in total. The van der Waals surface area contributed by atoms with Crippen molar-refractivity contribution in [1.82, 2.24) is 5.32 Å². The topological polar surface area (TPSA) is 41.5 Å². The van der Waals surface area contributed by atoms with E-state index in [0.717, 1.165) is 6.07 Å². The number of rotatable bonds is 4. The molecule has 1 rings (SSSR count). The fourth-order valence-corrected chi connectivity index (χ4v) is 1.61. The molecule has 0 spiro atoms. The van der Waals surface area contributed by atoms with Gasteiger partial charge >= 0.3 is 6.18 Å². The molecule has 0 aliphatic carbocycles. The minimum Gasteiger partial charge on any atom is -0.496 e. The number of alkyl halides is 3. The highest BCUT2D eigenvalue weighted by Gasteiger charge is 2.36. The van der Waals surface area contributed by atoms with Crippen molar-refractivity contribution in [1.29, 1.82) is 0 Å². The number of nitrogens with one attached hydrogen (secondary N) is 1. The minimum absolute atomic E-state index is 0.0173. The summed E-state index contributed by atoms with van der Waals surface area (Å²) in [6, 6.07) is 3.57. The van der Waals surface area contributed by atoms with Crippen LogP contribution in [-0.2, 0) is 6.18 Å². The summed E-state index contributed by atoms with van der Waals surface area (Å²) in [6.45, 7) is 0.0173.